The summed E-state index contributed by atoms with van der Waals surface area (Å²) in [5, 5.41) is 8.68. The van der Waals surface area contributed by atoms with Crippen molar-refractivity contribution in [3.05, 3.63) is 41.5 Å². The lowest BCUT2D eigenvalue weighted by Crippen LogP contribution is -2.40. The molecule has 0 spiro atoms. The first-order valence-corrected chi connectivity index (χ1v) is 8.36. The van der Waals surface area contributed by atoms with Gasteiger partial charge in [-0.1, -0.05) is 5.21 Å². The summed E-state index contributed by atoms with van der Waals surface area (Å²) >= 11 is 0. The first kappa shape index (κ1) is 15.3. The van der Waals surface area contributed by atoms with Crippen LogP contribution >= 0.6 is 0 Å². The molecule has 3 heterocycles. The first-order valence-electron chi connectivity index (χ1n) is 8.36. The molecule has 126 valence electrons. The van der Waals surface area contributed by atoms with Gasteiger partial charge in [-0.2, -0.15) is 0 Å². The Balaban J connectivity index is 1.60. The number of carbonyl (C=O) groups excluding carboxylic acids is 1. The van der Waals surface area contributed by atoms with E-state index in [1.807, 2.05) is 9.58 Å². The molecule has 1 aliphatic carbocycles. The quantitative estimate of drug-likeness (QED) is 0.831. The fourth-order valence-corrected chi connectivity index (χ4v) is 3.35. The normalized spacial score (nSPS) is 20.0. The van der Waals surface area contributed by atoms with E-state index in [9.17, 15) is 4.79 Å². The molecule has 0 radical (unpaired) electrons. The van der Waals surface area contributed by atoms with Crippen LogP contribution in [0.2, 0.25) is 0 Å². The zero-order chi connectivity index (χ0) is 16.5. The molecule has 0 unspecified atom stereocenters. The second-order valence-corrected chi connectivity index (χ2v) is 6.63. The maximum atomic E-state index is 12.7. The van der Waals surface area contributed by atoms with Gasteiger partial charge in [0.25, 0.3) is 5.91 Å². The lowest BCUT2D eigenvalue weighted by atomic mass is 9.98. The number of amides is 1. The van der Waals surface area contributed by atoms with Gasteiger partial charge in [0.1, 0.15) is 5.69 Å². The van der Waals surface area contributed by atoms with E-state index in [0.29, 0.717) is 25.3 Å². The van der Waals surface area contributed by atoms with Gasteiger partial charge in [0.05, 0.1) is 24.4 Å². The molecule has 1 saturated carbocycles. The minimum Gasteiger partial charge on any atom is -0.384 e. The van der Waals surface area contributed by atoms with Crippen LogP contribution in [0.15, 0.2) is 24.5 Å². The number of nitrogens with zero attached hydrogens (tertiary/aromatic N) is 5. The number of rotatable bonds is 5. The van der Waals surface area contributed by atoms with E-state index in [0.717, 1.165) is 23.9 Å². The van der Waals surface area contributed by atoms with E-state index in [-0.39, 0.29) is 11.8 Å². The molecular formula is C17H21N5O2. The lowest BCUT2D eigenvalue weighted by Gasteiger charge is -2.32. The third-order valence-corrected chi connectivity index (χ3v) is 4.71. The zero-order valence-corrected chi connectivity index (χ0v) is 13.8. The van der Waals surface area contributed by atoms with Gasteiger partial charge in [-0.3, -0.25) is 9.78 Å². The molecule has 1 aliphatic heterocycles. The molecule has 2 aromatic heterocycles. The number of aromatic nitrogens is 4. The van der Waals surface area contributed by atoms with Crippen LogP contribution in [0, 0.1) is 5.92 Å². The Bertz CT molecular complexity index is 726. The van der Waals surface area contributed by atoms with Crippen molar-refractivity contribution in [2.75, 3.05) is 20.3 Å². The summed E-state index contributed by atoms with van der Waals surface area (Å²) in [5.74, 6) is 0.814. The highest BCUT2D eigenvalue weighted by molar-refractivity contribution is 5.94. The monoisotopic (exact) mass is 327 g/mol. The van der Waals surface area contributed by atoms with Gasteiger partial charge in [0, 0.05) is 38.5 Å². The summed E-state index contributed by atoms with van der Waals surface area (Å²) in [5.41, 5.74) is 2.63. The molecule has 24 heavy (non-hydrogen) atoms. The number of fused-ring (bicyclic) bond motifs is 1. The summed E-state index contributed by atoms with van der Waals surface area (Å²) in [6.45, 7) is 2.60. The smallest absolute Gasteiger partial charge is 0.255 e. The highest BCUT2D eigenvalue weighted by Crippen LogP contribution is 2.34. The van der Waals surface area contributed by atoms with Crippen LogP contribution in [-0.4, -0.2) is 51.0 Å². The van der Waals surface area contributed by atoms with Crippen LogP contribution in [0.5, 0.6) is 0 Å². The van der Waals surface area contributed by atoms with Crippen LogP contribution in [0.3, 0.4) is 0 Å². The predicted octanol–water partition coefficient (Wildman–Crippen LogP) is 1.47. The van der Waals surface area contributed by atoms with Crippen molar-refractivity contribution in [1.82, 2.24) is 24.9 Å². The molecule has 0 aromatic carbocycles. The lowest BCUT2D eigenvalue weighted by molar-refractivity contribution is 0.0672. The largest absolute Gasteiger partial charge is 0.384 e. The van der Waals surface area contributed by atoms with Gasteiger partial charge in [-0.15, -0.1) is 5.10 Å². The summed E-state index contributed by atoms with van der Waals surface area (Å²) in [6.07, 6.45) is 5.82. The van der Waals surface area contributed by atoms with Gasteiger partial charge in [0.2, 0.25) is 0 Å². The van der Waals surface area contributed by atoms with E-state index >= 15 is 0 Å². The van der Waals surface area contributed by atoms with Crippen LogP contribution in [0.1, 0.15) is 40.5 Å². The molecule has 1 amide bonds. The number of hydrogen-bond acceptors (Lipinski definition) is 5. The highest BCUT2D eigenvalue weighted by Gasteiger charge is 2.34. The standard InChI is InChI=1S/C17H21N5O2/c1-24-11-14-9-21(17(23)13-3-2-6-18-7-13)10-15-16(14)22(20-19-15)8-12-4-5-12/h2-3,6-7,12,14H,4-5,8-11H2,1H3/t14-/m1/s1. The summed E-state index contributed by atoms with van der Waals surface area (Å²) in [4.78, 5) is 18.6. The molecule has 2 aromatic rings. The van der Waals surface area contributed by atoms with Crippen molar-refractivity contribution in [2.45, 2.75) is 31.8 Å². The van der Waals surface area contributed by atoms with Gasteiger partial charge in [-0.25, -0.2) is 4.68 Å². The minimum atomic E-state index is -0.0217. The van der Waals surface area contributed by atoms with Crippen LogP contribution in [0.25, 0.3) is 0 Å². The van der Waals surface area contributed by atoms with Gasteiger partial charge in [0.15, 0.2) is 0 Å². The Morgan fingerprint density at radius 2 is 2.29 bits per heavy atom. The Morgan fingerprint density at radius 1 is 1.42 bits per heavy atom. The third kappa shape index (κ3) is 2.91. The van der Waals surface area contributed by atoms with Gasteiger partial charge >= 0.3 is 0 Å². The maximum absolute atomic E-state index is 12.7. The van der Waals surface area contributed by atoms with E-state index in [1.165, 1.54) is 12.8 Å². The minimum absolute atomic E-state index is 0.0217. The maximum Gasteiger partial charge on any atom is 0.255 e. The molecule has 4 rings (SSSR count). The number of carbonyl (C=O) groups is 1. The van der Waals surface area contributed by atoms with E-state index in [2.05, 4.69) is 15.3 Å². The molecular weight excluding hydrogens is 306 g/mol. The number of hydrogen-bond donors (Lipinski definition) is 0. The highest BCUT2D eigenvalue weighted by atomic mass is 16.5. The first-order chi connectivity index (χ1) is 11.8. The summed E-state index contributed by atoms with van der Waals surface area (Å²) in [6, 6.07) is 3.57. The van der Waals surface area contributed by atoms with Crippen molar-refractivity contribution >= 4 is 5.91 Å². The Hall–Kier alpha value is -2.28. The zero-order valence-electron chi connectivity index (χ0n) is 13.8. The molecule has 2 aliphatic rings. The second kappa shape index (κ2) is 6.32. The number of pyridine rings is 1. The van der Waals surface area contributed by atoms with Crippen molar-refractivity contribution in [3.8, 4) is 0 Å². The van der Waals surface area contributed by atoms with Crippen molar-refractivity contribution < 1.29 is 9.53 Å². The van der Waals surface area contributed by atoms with E-state index in [4.69, 9.17) is 4.74 Å². The fourth-order valence-electron chi connectivity index (χ4n) is 3.35. The summed E-state index contributed by atoms with van der Waals surface area (Å²) in [7, 11) is 1.69. The average molecular weight is 327 g/mol. The predicted molar refractivity (Wildman–Crippen MR) is 86.3 cm³/mol. The van der Waals surface area contributed by atoms with Gasteiger partial charge in [-0.05, 0) is 30.9 Å². The molecule has 0 N–H and O–H groups in total. The molecule has 7 nitrogen and oxygen atoms in total. The van der Waals surface area contributed by atoms with Gasteiger partial charge < -0.3 is 9.64 Å². The van der Waals surface area contributed by atoms with Crippen molar-refractivity contribution in [3.63, 3.8) is 0 Å². The van der Waals surface area contributed by atoms with Crippen molar-refractivity contribution in [1.29, 1.82) is 0 Å². The number of ether oxygens (including phenoxy) is 1. The summed E-state index contributed by atoms with van der Waals surface area (Å²) < 4.78 is 7.43. The number of methoxy groups -OCH3 is 1. The Kier molecular flexibility index (Phi) is 4.02. The third-order valence-electron chi connectivity index (χ3n) is 4.71. The van der Waals surface area contributed by atoms with Crippen molar-refractivity contribution in [2.24, 2.45) is 5.92 Å². The topological polar surface area (TPSA) is 73.1 Å². The average Bonchev–Trinajstić information content (AvgIpc) is 3.34. The SMILES string of the molecule is COC[C@H]1CN(C(=O)c2cccnc2)Cc2nnn(CC3CC3)c21. The van der Waals surface area contributed by atoms with Crippen LogP contribution in [-0.2, 0) is 17.8 Å². The van der Waals surface area contributed by atoms with Crippen LogP contribution in [0.4, 0.5) is 0 Å². The Labute approximate surface area is 140 Å². The van der Waals surface area contributed by atoms with E-state index in [1.54, 1.807) is 31.6 Å². The molecule has 0 saturated heterocycles. The van der Waals surface area contributed by atoms with E-state index < -0.39 is 0 Å². The van der Waals surface area contributed by atoms with Crippen LogP contribution < -0.4 is 0 Å². The molecule has 7 heteroatoms. The fraction of sp³-hybridized carbons (Fsp3) is 0.529. The Morgan fingerprint density at radius 3 is 3.00 bits per heavy atom. The molecule has 0 bridgehead atoms. The molecule has 1 atom stereocenters. The molecule has 1 fully saturated rings. The second-order valence-electron chi connectivity index (χ2n) is 6.63.